The van der Waals surface area contributed by atoms with Crippen LogP contribution in [0.1, 0.15) is 41.7 Å². The van der Waals surface area contributed by atoms with Gasteiger partial charge in [0.2, 0.25) is 0 Å². The van der Waals surface area contributed by atoms with Crippen molar-refractivity contribution in [3.63, 3.8) is 0 Å². The van der Waals surface area contributed by atoms with Gasteiger partial charge in [0.25, 0.3) is 5.91 Å². The number of benzene rings is 1. The lowest BCUT2D eigenvalue weighted by molar-refractivity contribution is 0.102. The van der Waals surface area contributed by atoms with E-state index in [1.807, 2.05) is 25.1 Å². The fourth-order valence-corrected chi connectivity index (χ4v) is 3.40. The fraction of sp³-hybridized carbons (Fsp3) is 0.389. The molecular weight excluding hydrogens is 368 g/mol. The molecule has 1 aliphatic rings. The third kappa shape index (κ3) is 4.12. The lowest BCUT2D eigenvalue weighted by atomic mass is 10.2. The Hall–Kier alpha value is -1.95. The number of nitrogens with zero attached hydrogens (tertiary/aromatic N) is 3. The van der Waals surface area contributed by atoms with Gasteiger partial charge in [0.05, 0.1) is 18.1 Å². The SMILES string of the molecule is Cc1ccc(NC(=O)c2cnc(N3CCCCCC3)cn2)c(Br)c1. The van der Waals surface area contributed by atoms with Gasteiger partial charge in [-0.2, -0.15) is 0 Å². The monoisotopic (exact) mass is 388 g/mol. The Kier molecular flexibility index (Phi) is 5.45. The molecule has 1 N–H and O–H groups in total. The average molecular weight is 389 g/mol. The van der Waals surface area contributed by atoms with Crippen molar-refractivity contribution in [2.24, 2.45) is 0 Å². The molecule has 0 radical (unpaired) electrons. The minimum Gasteiger partial charge on any atom is -0.355 e. The number of amides is 1. The normalized spacial score (nSPS) is 15.0. The lowest BCUT2D eigenvalue weighted by Gasteiger charge is -2.20. The van der Waals surface area contributed by atoms with E-state index in [0.717, 1.165) is 34.6 Å². The Bertz CT molecular complexity index is 709. The number of nitrogens with one attached hydrogen (secondary N) is 1. The number of rotatable bonds is 3. The highest BCUT2D eigenvalue weighted by Crippen LogP contribution is 2.24. The molecule has 6 heteroatoms. The number of carbonyl (C=O) groups excluding carboxylic acids is 1. The Balaban J connectivity index is 1.69. The smallest absolute Gasteiger partial charge is 0.275 e. The molecule has 3 rings (SSSR count). The van der Waals surface area contributed by atoms with Crippen molar-refractivity contribution in [3.8, 4) is 0 Å². The maximum Gasteiger partial charge on any atom is 0.275 e. The van der Waals surface area contributed by atoms with Gasteiger partial charge in [-0.15, -0.1) is 0 Å². The third-order valence-electron chi connectivity index (χ3n) is 4.17. The summed E-state index contributed by atoms with van der Waals surface area (Å²) >= 11 is 3.46. The van der Waals surface area contributed by atoms with E-state index in [-0.39, 0.29) is 5.91 Å². The molecule has 2 aromatic rings. The number of anilines is 2. The second kappa shape index (κ2) is 7.75. The number of halogens is 1. The Morgan fingerprint density at radius 1 is 1.12 bits per heavy atom. The van der Waals surface area contributed by atoms with E-state index in [2.05, 4.69) is 36.1 Å². The summed E-state index contributed by atoms with van der Waals surface area (Å²) in [5, 5.41) is 2.86. The van der Waals surface area contributed by atoms with Crippen molar-refractivity contribution in [2.45, 2.75) is 32.6 Å². The van der Waals surface area contributed by atoms with Crippen LogP contribution in [0.2, 0.25) is 0 Å². The molecule has 1 saturated heterocycles. The molecule has 1 aromatic carbocycles. The van der Waals surface area contributed by atoms with Crippen LogP contribution >= 0.6 is 15.9 Å². The van der Waals surface area contributed by atoms with E-state index in [0.29, 0.717) is 5.69 Å². The van der Waals surface area contributed by atoms with Gasteiger partial charge < -0.3 is 10.2 Å². The molecule has 0 bridgehead atoms. The van der Waals surface area contributed by atoms with Crippen LogP contribution in [-0.2, 0) is 0 Å². The second-order valence-electron chi connectivity index (χ2n) is 6.10. The van der Waals surface area contributed by atoms with E-state index in [9.17, 15) is 4.79 Å². The summed E-state index contributed by atoms with van der Waals surface area (Å²) in [6.07, 6.45) is 8.17. The summed E-state index contributed by atoms with van der Waals surface area (Å²) in [7, 11) is 0. The van der Waals surface area contributed by atoms with E-state index in [1.54, 1.807) is 12.4 Å². The maximum absolute atomic E-state index is 12.3. The summed E-state index contributed by atoms with van der Waals surface area (Å²) in [6, 6.07) is 5.79. The molecule has 0 spiro atoms. The Morgan fingerprint density at radius 2 is 1.88 bits per heavy atom. The standard InChI is InChI=1S/C18H21BrN4O/c1-13-6-7-15(14(19)10-13)22-18(24)16-11-21-17(12-20-16)23-8-4-2-3-5-9-23/h6-7,10-12H,2-5,8-9H2,1H3,(H,22,24). The van der Waals surface area contributed by atoms with Crippen molar-refractivity contribution in [1.29, 1.82) is 0 Å². The van der Waals surface area contributed by atoms with Crippen molar-refractivity contribution < 1.29 is 4.79 Å². The predicted molar refractivity (Wildman–Crippen MR) is 99.5 cm³/mol. The van der Waals surface area contributed by atoms with Gasteiger partial charge in [0.15, 0.2) is 0 Å². The number of carbonyl (C=O) groups is 1. The van der Waals surface area contributed by atoms with Crippen LogP contribution in [0.25, 0.3) is 0 Å². The summed E-state index contributed by atoms with van der Waals surface area (Å²) in [5.74, 6) is 0.597. The number of aromatic nitrogens is 2. The van der Waals surface area contributed by atoms with Crippen molar-refractivity contribution in [3.05, 3.63) is 46.3 Å². The molecule has 1 amide bonds. The fourth-order valence-electron chi connectivity index (χ4n) is 2.81. The summed E-state index contributed by atoms with van der Waals surface area (Å²) < 4.78 is 0.852. The topological polar surface area (TPSA) is 58.1 Å². The van der Waals surface area contributed by atoms with E-state index >= 15 is 0 Å². The Morgan fingerprint density at radius 3 is 2.50 bits per heavy atom. The van der Waals surface area contributed by atoms with E-state index < -0.39 is 0 Å². The molecule has 0 aliphatic carbocycles. The van der Waals surface area contributed by atoms with Gasteiger partial charge in [-0.25, -0.2) is 9.97 Å². The average Bonchev–Trinajstić information content (AvgIpc) is 2.87. The van der Waals surface area contributed by atoms with E-state index in [4.69, 9.17) is 0 Å². The second-order valence-corrected chi connectivity index (χ2v) is 6.95. The molecule has 24 heavy (non-hydrogen) atoms. The molecule has 2 heterocycles. The third-order valence-corrected chi connectivity index (χ3v) is 4.83. The number of aryl methyl sites for hydroxylation is 1. The first-order valence-electron chi connectivity index (χ1n) is 8.28. The van der Waals surface area contributed by atoms with Gasteiger partial charge in [0.1, 0.15) is 11.5 Å². The highest BCUT2D eigenvalue weighted by atomic mass is 79.9. The lowest BCUT2D eigenvalue weighted by Crippen LogP contribution is -2.25. The first kappa shape index (κ1) is 16.9. The quantitative estimate of drug-likeness (QED) is 0.856. The first-order chi connectivity index (χ1) is 11.6. The van der Waals surface area contributed by atoms with Crippen molar-refractivity contribution in [1.82, 2.24) is 9.97 Å². The van der Waals surface area contributed by atoms with Crippen LogP contribution in [0.15, 0.2) is 35.1 Å². The maximum atomic E-state index is 12.3. The van der Waals surface area contributed by atoms with Crippen LogP contribution in [0.4, 0.5) is 11.5 Å². The first-order valence-corrected chi connectivity index (χ1v) is 9.07. The van der Waals surface area contributed by atoms with Crippen LogP contribution in [0, 0.1) is 6.92 Å². The largest absolute Gasteiger partial charge is 0.355 e. The van der Waals surface area contributed by atoms with Crippen LogP contribution < -0.4 is 10.2 Å². The van der Waals surface area contributed by atoms with Gasteiger partial charge in [0, 0.05) is 17.6 Å². The van der Waals surface area contributed by atoms with Crippen molar-refractivity contribution in [2.75, 3.05) is 23.3 Å². The van der Waals surface area contributed by atoms with Crippen LogP contribution in [0.3, 0.4) is 0 Å². The number of hydrogen-bond donors (Lipinski definition) is 1. The molecule has 1 fully saturated rings. The minimum atomic E-state index is -0.255. The summed E-state index contributed by atoms with van der Waals surface area (Å²) in [5.41, 5.74) is 2.17. The zero-order chi connectivity index (χ0) is 16.9. The zero-order valence-corrected chi connectivity index (χ0v) is 15.3. The van der Waals surface area contributed by atoms with Gasteiger partial charge >= 0.3 is 0 Å². The zero-order valence-electron chi connectivity index (χ0n) is 13.8. The molecule has 126 valence electrons. The molecule has 0 saturated carbocycles. The molecule has 1 aliphatic heterocycles. The highest BCUT2D eigenvalue weighted by molar-refractivity contribution is 9.10. The van der Waals surface area contributed by atoms with Crippen LogP contribution in [0.5, 0.6) is 0 Å². The minimum absolute atomic E-state index is 0.255. The molecule has 0 unspecified atom stereocenters. The highest BCUT2D eigenvalue weighted by Gasteiger charge is 2.14. The summed E-state index contributed by atoms with van der Waals surface area (Å²) in [4.78, 5) is 23.3. The molecular formula is C18H21BrN4O. The van der Waals surface area contributed by atoms with Gasteiger partial charge in [-0.1, -0.05) is 18.9 Å². The van der Waals surface area contributed by atoms with Gasteiger partial charge in [-0.05, 0) is 53.4 Å². The number of hydrogen-bond acceptors (Lipinski definition) is 4. The summed E-state index contributed by atoms with van der Waals surface area (Å²) in [6.45, 7) is 4.02. The predicted octanol–water partition coefficient (Wildman–Crippen LogP) is 4.18. The molecule has 1 aromatic heterocycles. The van der Waals surface area contributed by atoms with Crippen molar-refractivity contribution >= 4 is 33.3 Å². The van der Waals surface area contributed by atoms with E-state index in [1.165, 1.54) is 25.7 Å². The van der Waals surface area contributed by atoms with Crippen LogP contribution in [-0.4, -0.2) is 29.0 Å². The van der Waals surface area contributed by atoms with Gasteiger partial charge in [-0.3, -0.25) is 4.79 Å². The Labute approximate surface area is 150 Å². The molecule has 0 atom stereocenters. The molecule has 5 nitrogen and oxygen atoms in total.